The third-order valence-corrected chi connectivity index (χ3v) is 6.99. The zero-order valence-corrected chi connectivity index (χ0v) is 20.2. The first-order chi connectivity index (χ1) is 17.3. The zero-order valence-electron chi connectivity index (χ0n) is 20.2. The van der Waals surface area contributed by atoms with Crippen LogP contribution in [0.5, 0.6) is 0 Å². The largest absolute Gasteiger partial charge is 0.347 e. The summed E-state index contributed by atoms with van der Waals surface area (Å²) >= 11 is 0. The van der Waals surface area contributed by atoms with E-state index >= 15 is 0 Å². The molecule has 36 heavy (non-hydrogen) atoms. The Morgan fingerprint density at radius 1 is 1.28 bits per heavy atom. The van der Waals surface area contributed by atoms with Crippen LogP contribution in [0.1, 0.15) is 55.2 Å². The van der Waals surface area contributed by atoms with Crippen molar-refractivity contribution in [1.82, 2.24) is 20.1 Å². The Hall–Kier alpha value is -4.06. The van der Waals surface area contributed by atoms with Gasteiger partial charge in [0.05, 0.1) is 12.3 Å². The van der Waals surface area contributed by atoms with Crippen LogP contribution < -0.4 is 10.2 Å². The van der Waals surface area contributed by atoms with Crippen molar-refractivity contribution in [2.24, 2.45) is 11.3 Å². The van der Waals surface area contributed by atoms with Gasteiger partial charge in [-0.2, -0.15) is 10.4 Å². The molecule has 184 valence electrons. The number of nitrogens with zero attached hydrogens (tertiary/aromatic N) is 5. The minimum atomic E-state index is -0.952. The molecule has 9 heteroatoms. The lowest BCUT2D eigenvalue weighted by molar-refractivity contribution is -0.123. The Morgan fingerprint density at radius 3 is 2.78 bits per heavy atom. The molecule has 3 aromatic rings. The molecule has 0 unspecified atom stereocenters. The van der Waals surface area contributed by atoms with E-state index in [1.54, 1.807) is 27.9 Å². The van der Waals surface area contributed by atoms with Crippen LogP contribution in [-0.2, 0) is 11.3 Å². The van der Waals surface area contributed by atoms with Gasteiger partial charge in [0, 0.05) is 42.8 Å². The van der Waals surface area contributed by atoms with Gasteiger partial charge < -0.3 is 10.2 Å². The van der Waals surface area contributed by atoms with Gasteiger partial charge in [-0.15, -0.1) is 0 Å². The second-order valence-electron chi connectivity index (χ2n) is 9.80. The summed E-state index contributed by atoms with van der Waals surface area (Å²) in [4.78, 5) is 31.7. The molecule has 2 aromatic heterocycles. The number of aromatic nitrogens is 3. The van der Waals surface area contributed by atoms with Crippen LogP contribution in [0.2, 0.25) is 0 Å². The fraction of sp³-hybridized carbons (Fsp3) is 0.370. The van der Waals surface area contributed by atoms with Gasteiger partial charge in [-0.3, -0.25) is 19.3 Å². The summed E-state index contributed by atoms with van der Waals surface area (Å²) in [6.45, 7) is 4.57. The molecule has 1 aliphatic heterocycles. The smallest absolute Gasteiger partial charge is 0.270 e. The van der Waals surface area contributed by atoms with E-state index < -0.39 is 17.1 Å². The summed E-state index contributed by atoms with van der Waals surface area (Å²) in [7, 11) is 0. The zero-order chi connectivity index (χ0) is 25.4. The topological polar surface area (TPSA) is 104 Å². The van der Waals surface area contributed by atoms with Crippen molar-refractivity contribution >= 4 is 17.5 Å². The summed E-state index contributed by atoms with van der Waals surface area (Å²) in [6.07, 6.45) is 7.33. The number of amides is 2. The number of hydrogen-bond donors (Lipinski definition) is 1. The van der Waals surface area contributed by atoms with Gasteiger partial charge in [0.25, 0.3) is 5.91 Å². The summed E-state index contributed by atoms with van der Waals surface area (Å²) in [5.41, 5.74) is 1.82. The number of pyridine rings is 1. The van der Waals surface area contributed by atoms with Gasteiger partial charge in [-0.1, -0.05) is 0 Å². The molecule has 0 radical (unpaired) electrons. The molecule has 1 aromatic carbocycles. The summed E-state index contributed by atoms with van der Waals surface area (Å²) < 4.78 is 16.1. The van der Waals surface area contributed by atoms with E-state index in [0.29, 0.717) is 29.8 Å². The van der Waals surface area contributed by atoms with Crippen LogP contribution >= 0.6 is 0 Å². The Bertz CT molecular complexity index is 1370. The fourth-order valence-corrected chi connectivity index (χ4v) is 4.81. The third-order valence-electron chi connectivity index (χ3n) is 6.99. The standard InChI is InChI=1S/C27H27FN6O2/c1-17(2)34-15-20(14-32-34)19-9-18(10-22(28)11-19)13-31-25(35)24-12-23(5-7-30-24)33-8-6-27(16-29,26(33)36)21-3-4-21/h5,7,9-12,14-15,17,21H,3-4,6,8,13H2,1-2H3,(H,31,35)/t27-/m1/s1. The number of nitrogens with one attached hydrogen (secondary N) is 1. The van der Waals surface area contributed by atoms with Crippen molar-refractivity contribution in [3.8, 4) is 17.2 Å². The number of carbonyl (C=O) groups excluding carboxylic acids is 2. The minimum absolute atomic E-state index is 0.107. The highest BCUT2D eigenvalue weighted by Crippen LogP contribution is 2.51. The highest BCUT2D eigenvalue weighted by molar-refractivity contribution is 6.03. The molecule has 3 heterocycles. The van der Waals surface area contributed by atoms with Crippen molar-refractivity contribution in [3.05, 3.63) is 66.0 Å². The Morgan fingerprint density at radius 2 is 2.08 bits per heavy atom. The number of anilines is 1. The maximum atomic E-state index is 14.3. The van der Waals surface area contributed by atoms with Gasteiger partial charge in [0.2, 0.25) is 5.91 Å². The van der Waals surface area contributed by atoms with Crippen molar-refractivity contribution in [2.75, 3.05) is 11.4 Å². The molecule has 8 nitrogen and oxygen atoms in total. The van der Waals surface area contributed by atoms with E-state index in [1.165, 1.54) is 18.3 Å². The number of benzene rings is 1. The molecule has 2 amide bonds. The van der Waals surface area contributed by atoms with Crippen LogP contribution in [0.25, 0.3) is 11.1 Å². The molecule has 1 saturated carbocycles. The molecule has 0 bridgehead atoms. The van der Waals surface area contributed by atoms with Gasteiger partial charge in [-0.05, 0) is 80.5 Å². The fourth-order valence-electron chi connectivity index (χ4n) is 4.81. The van der Waals surface area contributed by atoms with Gasteiger partial charge in [0.15, 0.2) is 0 Å². The number of carbonyl (C=O) groups is 2. The maximum Gasteiger partial charge on any atom is 0.270 e. The number of nitriles is 1. The highest BCUT2D eigenvalue weighted by Gasteiger charge is 2.56. The maximum absolute atomic E-state index is 14.3. The first kappa shape index (κ1) is 23.7. The monoisotopic (exact) mass is 486 g/mol. The molecule has 1 atom stereocenters. The van der Waals surface area contributed by atoms with Crippen LogP contribution in [0.3, 0.4) is 0 Å². The summed E-state index contributed by atoms with van der Waals surface area (Å²) in [5.74, 6) is -0.910. The molecule has 2 fully saturated rings. The molecule has 1 N–H and O–H groups in total. The first-order valence-corrected chi connectivity index (χ1v) is 12.1. The summed E-state index contributed by atoms with van der Waals surface area (Å²) in [5, 5.41) is 16.8. The molecule has 2 aliphatic rings. The van der Waals surface area contributed by atoms with E-state index in [2.05, 4.69) is 21.5 Å². The molecular formula is C27H27FN6O2. The Labute approximate surface area is 208 Å². The van der Waals surface area contributed by atoms with E-state index in [4.69, 9.17) is 0 Å². The number of rotatable bonds is 7. The van der Waals surface area contributed by atoms with Crippen molar-refractivity contribution in [3.63, 3.8) is 0 Å². The number of halogens is 1. The van der Waals surface area contributed by atoms with Crippen LogP contribution in [0, 0.1) is 28.5 Å². The lowest BCUT2D eigenvalue weighted by atomic mass is 9.83. The van der Waals surface area contributed by atoms with Gasteiger partial charge in [0.1, 0.15) is 16.9 Å². The quantitative estimate of drug-likeness (QED) is 0.538. The molecule has 1 aliphatic carbocycles. The Balaban J connectivity index is 1.29. The normalized spacial score (nSPS) is 19.5. The van der Waals surface area contributed by atoms with E-state index in [-0.39, 0.29) is 30.1 Å². The molecule has 5 rings (SSSR count). The third kappa shape index (κ3) is 4.35. The van der Waals surface area contributed by atoms with E-state index in [1.807, 2.05) is 26.1 Å². The van der Waals surface area contributed by atoms with E-state index in [0.717, 1.165) is 18.4 Å². The molecule has 1 saturated heterocycles. The molecular weight excluding hydrogens is 459 g/mol. The van der Waals surface area contributed by atoms with Gasteiger partial charge in [-0.25, -0.2) is 4.39 Å². The average molecular weight is 487 g/mol. The second-order valence-corrected chi connectivity index (χ2v) is 9.80. The highest BCUT2D eigenvalue weighted by atomic mass is 19.1. The predicted molar refractivity (Wildman–Crippen MR) is 131 cm³/mol. The first-order valence-electron chi connectivity index (χ1n) is 12.1. The Kier molecular flexibility index (Phi) is 6.04. The van der Waals surface area contributed by atoms with Crippen molar-refractivity contribution in [1.29, 1.82) is 5.26 Å². The lowest BCUT2D eigenvalue weighted by Gasteiger charge is -2.21. The minimum Gasteiger partial charge on any atom is -0.347 e. The summed E-state index contributed by atoms with van der Waals surface area (Å²) in [6, 6.07) is 10.3. The molecule has 0 spiro atoms. The second kappa shape index (κ2) is 9.19. The van der Waals surface area contributed by atoms with Gasteiger partial charge >= 0.3 is 0 Å². The SMILES string of the molecule is CC(C)n1cc(-c2cc(F)cc(CNC(=O)c3cc(N4CC[C@@](C#N)(C5CC5)C4=O)ccn3)c2)cn1. The van der Waals surface area contributed by atoms with Crippen molar-refractivity contribution < 1.29 is 14.0 Å². The van der Waals surface area contributed by atoms with Crippen molar-refractivity contribution in [2.45, 2.75) is 45.7 Å². The number of hydrogen-bond acceptors (Lipinski definition) is 5. The van der Waals surface area contributed by atoms with E-state index in [9.17, 15) is 19.2 Å². The van der Waals surface area contributed by atoms with Crippen LogP contribution in [0.4, 0.5) is 10.1 Å². The average Bonchev–Trinajstić information content (AvgIpc) is 3.49. The van der Waals surface area contributed by atoms with Crippen LogP contribution in [-0.4, -0.2) is 33.1 Å². The predicted octanol–water partition coefficient (Wildman–Crippen LogP) is 4.25. The lowest BCUT2D eigenvalue weighted by Crippen LogP contribution is -2.35. The van der Waals surface area contributed by atoms with Crippen LogP contribution in [0.15, 0.2) is 48.9 Å².